The molecular weight excluding hydrogens is 362 g/mol. The zero-order valence-corrected chi connectivity index (χ0v) is 17.5. The van der Waals surface area contributed by atoms with Crippen molar-refractivity contribution >= 4 is 11.5 Å². The molecule has 29 heavy (non-hydrogen) atoms. The van der Waals surface area contributed by atoms with Crippen LogP contribution in [0, 0.1) is 25.7 Å². The number of aliphatic hydroxyl groups is 1. The Morgan fingerprint density at radius 1 is 1.10 bits per heavy atom. The predicted octanol–water partition coefficient (Wildman–Crippen LogP) is 3.56. The van der Waals surface area contributed by atoms with Crippen molar-refractivity contribution in [3.63, 3.8) is 0 Å². The summed E-state index contributed by atoms with van der Waals surface area (Å²) >= 11 is 0. The minimum absolute atomic E-state index is 0.115. The van der Waals surface area contributed by atoms with Gasteiger partial charge in [-0.3, -0.25) is 4.79 Å². The van der Waals surface area contributed by atoms with Crippen LogP contribution in [-0.2, 0) is 4.79 Å². The number of aliphatic hydroxyl groups excluding tert-OH is 1. The maximum atomic E-state index is 13.2. The molecule has 1 aromatic heterocycles. The first-order valence-electron chi connectivity index (χ1n) is 10.3. The van der Waals surface area contributed by atoms with Crippen molar-refractivity contribution in [2.75, 3.05) is 18.0 Å². The molecule has 2 atom stereocenters. The van der Waals surface area contributed by atoms with E-state index < -0.39 is 12.0 Å². The number of Topliss-reactive ketones (excluding diaryl/α,β-unsaturated/α-hetero) is 1. The van der Waals surface area contributed by atoms with Crippen molar-refractivity contribution in [3.05, 3.63) is 53.1 Å². The number of rotatable bonds is 2. The molecule has 0 radical (unpaired) electrons. The summed E-state index contributed by atoms with van der Waals surface area (Å²) < 4.78 is 0. The second-order valence-corrected chi connectivity index (χ2v) is 7.74. The van der Waals surface area contributed by atoms with Gasteiger partial charge in [0.05, 0.1) is 30.1 Å². The SMILES string of the molecule is CC#Cc1cc(C)c(C2C(=O)CCCN(c3cncnc3)CCCC2O)c(C)c1. The molecule has 152 valence electrons. The van der Waals surface area contributed by atoms with Gasteiger partial charge in [-0.1, -0.05) is 5.92 Å². The maximum absolute atomic E-state index is 13.2. The molecule has 0 amide bonds. The normalized spacial score (nSPS) is 20.7. The first-order chi connectivity index (χ1) is 14.0. The van der Waals surface area contributed by atoms with E-state index in [4.69, 9.17) is 0 Å². The van der Waals surface area contributed by atoms with Crippen LogP contribution in [0.15, 0.2) is 30.9 Å². The second-order valence-electron chi connectivity index (χ2n) is 7.74. The number of hydrogen-bond acceptors (Lipinski definition) is 5. The molecular formula is C24H29N3O2. The van der Waals surface area contributed by atoms with Gasteiger partial charge in [-0.15, -0.1) is 5.92 Å². The van der Waals surface area contributed by atoms with Gasteiger partial charge in [0.25, 0.3) is 0 Å². The van der Waals surface area contributed by atoms with Crippen molar-refractivity contribution in [2.45, 2.75) is 58.5 Å². The van der Waals surface area contributed by atoms with Crippen LogP contribution in [0.1, 0.15) is 60.8 Å². The Kier molecular flexibility index (Phi) is 7.00. The van der Waals surface area contributed by atoms with Crippen molar-refractivity contribution in [1.82, 2.24) is 9.97 Å². The molecule has 1 aromatic carbocycles. The number of anilines is 1. The highest BCUT2D eigenvalue weighted by Crippen LogP contribution is 2.32. The summed E-state index contributed by atoms with van der Waals surface area (Å²) in [6.07, 6.45) is 7.00. The van der Waals surface area contributed by atoms with E-state index in [1.807, 2.05) is 32.9 Å². The number of nitrogens with zero attached hydrogens (tertiary/aromatic N) is 3. The first-order valence-corrected chi connectivity index (χ1v) is 10.3. The molecule has 2 unspecified atom stereocenters. The Morgan fingerprint density at radius 3 is 2.41 bits per heavy atom. The highest BCUT2D eigenvalue weighted by Gasteiger charge is 2.31. The fraction of sp³-hybridized carbons (Fsp3) is 0.458. The zero-order valence-electron chi connectivity index (χ0n) is 17.5. The van der Waals surface area contributed by atoms with Crippen LogP contribution < -0.4 is 4.90 Å². The van der Waals surface area contributed by atoms with Gasteiger partial charge in [0.2, 0.25) is 0 Å². The molecule has 5 heteroatoms. The summed E-state index contributed by atoms with van der Waals surface area (Å²) in [5.74, 6) is 5.66. The Labute approximate surface area is 173 Å². The molecule has 2 heterocycles. The van der Waals surface area contributed by atoms with E-state index >= 15 is 0 Å². The topological polar surface area (TPSA) is 66.3 Å². The lowest BCUT2D eigenvalue weighted by Gasteiger charge is -2.30. The Bertz CT molecular complexity index is 892. The van der Waals surface area contributed by atoms with E-state index in [1.54, 1.807) is 12.4 Å². The van der Waals surface area contributed by atoms with E-state index in [0.717, 1.165) is 53.9 Å². The molecule has 1 fully saturated rings. The molecule has 0 spiro atoms. The number of aromatic nitrogens is 2. The predicted molar refractivity (Wildman–Crippen MR) is 115 cm³/mol. The smallest absolute Gasteiger partial charge is 0.143 e. The fourth-order valence-electron chi connectivity index (χ4n) is 4.33. The minimum atomic E-state index is -0.685. The Hall–Kier alpha value is -2.71. The van der Waals surface area contributed by atoms with Crippen molar-refractivity contribution < 1.29 is 9.90 Å². The van der Waals surface area contributed by atoms with E-state index in [-0.39, 0.29) is 5.78 Å². The van der Waals surface area contributed by atoms with Crippen LogP contribution in [0.5, 0.6) is 0 Å². The lowest BCUT2D eigenvalue weighted by Crippen LogP contribution is -2.33. The van der Waals surface area contributed by atoms with Gasteiger partial charge < -0.3 is 10.0 Å². The highest BCUT2D eigenvalue weighted by molar-refractivity contribution is 5.87. The molecule has 1 saturated heterocycles. The fourth-order valence-corrected chi connectivity index (χ4v) is 4.33. The first kappa shape index (κ1) is 21.0. The second kappa shape index (κ2) is 9.67. The molecule has 1 N–H and O–H groups in total. The zero-order chi connectivity index (χ0) is 20.8. The van der Waals surface area contributed by atoms with Gasteiger partial charge in [-0.2, -0.15) is 0 Å². The quantitative estimate of drug-likeness (QED) is 0.793. The van der Waals surface area contributed by atoms with Gasteiger partial charge in [0.1, 0.15) is 12.1 Å². The van der Waals surface area contributed by atoms with Crippen molar-refractivity contribution in [1.29, 1.82) is 0 Å². The molecule has 1 aliphatic rings. The van der Waals surface area contributed by atoms with Crippen LogP contribution in [0.3, 0.4) is 0 Å². The van der Waals surface area contributed by atoms with Gasteiger partial charge in [0, 0.05) is 25.1 Å². The summed E-state index contributed by atoms with van der Waals surface area (Å²) in [7, 11) is 0. The summed E-state index contributed by atoms with van der Waals surface area (Å²) in [6, 6.07) is 4.05. The lowest BCUT2D eigenvalue weighted by molar-refractivity contribution is -0.123. The summed E-state index contributed by atoms with van der Waals surface area (Å²) in [6.45, 7) is 7.44. The van der Waals surface area contributed by atoms with E-state index in [2.05, 4.69) is 26.7 Å². The lowest BCUT2D eigenvalue weighted by atomic mass is 9.80. The third-order valence-corrected chi connectivity index (χ3v) is 5.60. The molecule has 2 aromatic rings. The van der Waals surface area contributed by atoms with Crippen LogP contribution in [-0.4, -0.2) is 40.1 Å². The minimum Gasteiger partial charge on any atom is -0.392 e. The summed E-state index contributed by atoms with van der Waals surface area (Å²) in [5, 5.41) is 11.0. The van der Waals surface area contributed by atoms with Crippen molar-refractivity contribution in [3.8, 4) is 11.8 Å². The van der Waals surface area contributed by atoms with Crippen molar-refractivity contribution in [2.24, 2.45) is 0 Å². The number of carbonyl (C=O) groups is 1. The number of aryl methyl sites for hydroxylation is 2. The van der Waals surface area contributed by atoms with E-state index in [0.29, 0.717) is 12.8 Å². The Morgan fingerprint density at radius 2 is 1.76 bits per heavy atom. The van der Waals surface area contributed by atoms with Gasteiger partial charge in [-0.25, -0.2) is 9.97 Å². The van der Waals surface area contributed by atoms with E-state index in [1.165, 1.54) is 6.33 Å². The number of carbonyl (C=O) groups excluding carboxylic acids is 1. The van der Waals surface area contributed by atoms with Crippen LogP contribution in [0.2, 0.25) is 0 Å². The number of benzene rings is 1. The number of hydrogen-bond donors (Lipinski definition) is 1. The van der Waals surface area contributed by atoms with E-state index in [9.17, 15) is 9.90 Å². The molecule has 0 aliphatic carbocycles. The third kappa shape index (κ3) is 5.02. The molecule has 0 saturated carbocycles. The van der Waals surface area contributed by atoms with Crippen LogP contribution in [0.4, 0.5) is 5.69 Å². The van der Waals surface area contributed by atoms with Crippen LogP contribution in [0.25, 0.3) is 0 Å². The largest absolute Gasteiger partial charge is 0.392 e. The standard InChI is InChI=1S/C24H29N3O2/c1-4-7-19-12-17(2)23(18(3)13-19)24-21(28)8-5-10-27(11-6-9-22(24)29)20-14-25-16-26-15-20/h12-16,21,24,28H,5-6,8-11H2,1-3H3. The molecule has 5 nitrogen and oxygen atoms in total. The van der Waals surface area contributed by atoms with Gasteiger partial charge in [0.15, 0.2) is 0 Å². The number of ketones is 1. The highest BCUT2D eigenvalue weighted by atomic mass is 16.3. The summed E-state index contributed by atoms with van der Waals surface area (Å²) in [5.41, 5.74) is 4.94. The molecule has 0 bridgehead atoms. The van der Waals surface area contributed by atoms with Gasteiger partial charge in [-0.05, 0) is 68.9 Å². The van der Waals surface area contributed by atoms with Gasteiger partial charge >= 0.3 is 0 Å². The average Bonchev–Trinajstić information content (AvgIpc) is 2.69. The molecule has 1 aliphatic heterocycles. The average molecular weight is 392 g/mol. The molecule has 3 rings (SSSR count). The summed E-state index contributed by atoms with van der Waals surface area (Å²) in [4.78, 5) is 23.6. The third-order valence-electron chi connectivity index (χ3n) is 5.60. The monoisotopic (exact) mass is 391 g/mol. The maximum Gasteiger partial charge on any atom is 0.143 e. The Balaban J connectivity index is 1.84. The van der Waals surface area contributed by atoms with Crippen LogP contribution >= 0.6 is 0 Å².